The van der Waals surface area contributed by atoms with Crippen LogP contribution in [0.15, 0.2) is 79.1 Å². The van der Waals surface area contributed by atoms with Gasteiger partial charge in [0.2, 0.25) is 11.8 Å². The Balaban J connectivity index is 1.08. The van der Waals surface area contributed by atoms with E-state index in [1.165, 1.54) is 47.7 Å². The van der Waals surface area contributed by atoms with Crippen molar-refractivity contribution in [3.63, 3.8) is 0 Å². The largest absolute Gasteiger partial charge is 0.453 e. The second-order valence-corrected chi connectivity index (χ2v) is 11.5. The molecule has 1 aliphatic rings. The maximum absolute atomic E-state index is 15.2. The van der Waals surface area contributed by atoms with Crippen molar-refractivity contribution in [3.05, 3.63) is 96.3 Å². The Hall–Kier alpha value is -4.78. The molecule has 0 aliphatic heterocycles. The molecule has 0 bridgehead atoms. The maximum Gasteiger partial charge on any atom is 0.240 e. The summed E-state index contributed by atoms with van der Waals surface area (Å²) >= 11 is 1.39. The average Bonchev–Trinajstić information content (AvgIpc) is 3.76. The molecule has 0 unspecified atom stereocenters. The van der Waals surface area contributed by atoms with Gasteiger partial charge in [0.15, 0.2) is 11.6 Å². The van der Waals surface area contributed by atoms with Crippen molar-refractivity contribution in [1.82, 2.24) is 15.3 Å². The highest BCUT2D eigenvalue weighted by Gasteiger charge is 2.56. The van der Waals surface area contributed by atoms with Crippen molar-refractivity contribution in [3.8, 4) is 22.1 Å². The lowest BCUT2D eigenvalue weighted by molar-refractivity contribution is -0.131. The first kappa shape index (κ1) is 26.6. The van der Waals surface area contributed by atoms with Crippen molar-refractivity contribution in [2.24, 2.45) is 5.41 Å². The molecule has 0 spiro atoms. The van der Waals surface area contributed by atoms with Crippen molar-refractivity contribution < 1.29 is 32.0 Å². The van der Waals surface area contributed by atoms with Gasteiger partial charge in [-0.3, -0.25) is 19.6 Å². The van der Waals surface area contributed by atoms with E-state index in [1.807, 2.05) is 18.2 Å². The van der Waals surface area contributed by atoms with E-state index >= 15 is 4.39 Å². The summed E-state index contributed by atoms with van der Waals surface area (Å²) in [6.45, 7) is 0.932. The van der Waals surface area contributed by atoms with Gasteiger partial charge in [-0.2, -0.15) is 0 Å². The zero-order valence-corrected chi connectivity index (χ0v) is 24.5. The molecule has 6 rings (SSSR count). The van der Waals surface area contributed by atoms with Gasteiger partial charge in [-0.1, -0.05) is 6.07 Å². The van der Waals surface area contributed by atoms with E-state index in [1.54, 1.807) is 18.5 Å². The molecule has 1 aliphatic carbocycles. The Kier molecular flexibility index (Phi) is 7.73. The maximum atomic E-state index is 15.2. The number of nitrogens with zero attached hydrogens (tertiary/aromatic N) is 2. The van der Waals surface area contributed by atoms with Crippen LogP contribution in [0.5, 0.6) is 11.5 Å². The molecule has 9 nitrogen and oxygen atoms in total. The molecule has 0 radical (unpaired) electrons. The van der Waals surface area contributed by atoms with Gasteiger partial charge in [0.25, 0.3) is 0 Å². The second-order valence-electron chi connectivity index (χ2n) is 10.5. The predicted molar refractivity (Wildman–Crippen MR) is 168 cm³/mol. The molecule has 0 atom stereocenters. The van der Waals surface area contributed by atoms with Crippen LogP contribution in [0, 0.1) is 17.0 Å². The Morgan fingerprint density at radius 2 is 1.73 bits per heavy atom. The Morgan fingerprint density at radius 3 is 2.44 bits per heavy atom. The number of methoxy groups -OCH3 is 1. The van der Waals surface area contributed by atoms with E-state index in [0.717, 1.165) is 16.5 Å². The molecule has 3 heterocycles. The number of pyridine rings is 2. The van der Waals surface area contributed by atoms with Gasteiger partial charge in [-0.15, -0.1) is 11.3 Å². The molecule has 5 aromatic rings. The summed E-state index contributed by atoms with van der Waals surface area (Å²) in [7, 11) is -2.41. The van der Waals surface area contributed by atoms with Gasteiger partial charge >= 0.3 is 0 Å². The number of ether oxygens (including phenoxy) is 2. The highest BCUT2D eigenvalue weighted by molar-refractivity contribution is 7.22. The smallest absolute Gasteiger partial charge is 0.240 e. The van der Waals surface area contributed by atoms with Crippen LogP contribution in [-0.2, 0) is 20.9 Å². The molecule has 2 aromatic carbocycles. The van der Waals surface area contributed by atoms with Crippen LogP contribution < -0.4 is 20.7 Å². The molecule has 1 saturated carbocycles. The quantitative estimate of drug-likeness (QED) is 0.106. The Labute approximate surface area is 265 Å². The summed E-state index contributed by atoms with van der Waals surface area (Å²) in [5, 5.41) is 8.38. The highest BCUT2D eigenvalue weighted by Crippen LogP contribution is 2.48. The summed E-state index contributed by atoms with van der Waals surface area (Å²) in [5.74, 6) is -1.91. The van der Waals surface area contributed by atoms with Crippen molar-refractivity contribution in [2.75, 3.05) is 30.8 Å². The van der Waals surface area contributed by atoms with Crippen LogP contribution in [0.3, 0.4) is 0 Å². The van der Waals surface area contributed by atoms with Crippen molar-refractivity contribution in [1.29, 1.82) is 0 Å². The third-order valence-corrected chi connectivity index (χ3v) is 8.46. The van der Waals surface area contributed by atoms with Crippen LogP contribution in [-0.4, -0.2) is 42.0 Å². The van der Waals surface area contributed by atoms with Crippen LogP contribution in [0.4, 0.5) is 20.2 Å². The number of rotatable bonds is 12. The normalized spacial score (nSPS) is 14.7. The standard InChI is InChI=1S/C33H29F2N5O4S/c1-43-15-14-36-18-20-2-8-25(38-19-20)29-17-26-30(45-29)28(10-13-37-26)44-27-9-7-23(16-24(27)35)40-32(42)33(11-12-33)31(41)39-22-5-3-21(34)4-6-22/h2-10,13,16-17,19,36H,11-12,14-15,18H2,1H3,(H,39,41)(H,40,42)/i1D3. The van der Waals surface area contributed by atoms with E-state index in [4.69, 9.17) is 13.6 Å². The molecular formula is C33H29F2N5O4S. The lowest BCUT2D eigenvalue weighted by Gasteiger charge is -2.16. The van der Waals surface area contributed by atoms with Crippen LogP contribution in [0.2, 0.25) is 0 Å². The second kappa shape index (κ2) is 13.1. The lowest BCUT2D eigenvalue weighted by Crippen LogP contribution is -2.35. The number of halogens is 2. The highest BCUT2D eigenvalue weighted by atomic mass is 32.1. The molecular weight excluding hydrogens is 600 g/mol. The monoisotopic (exact) mass is 632 g/mol. The Bertz CT molecular complexity index is 1950. The summed E-state index contributed by atoms with van der Waals surface area (Å²) in [6, 6.07) is 16.5. The van der Waals surface area contributed by atoms with E-state index < -0.39 is 35.9 Å². The average molecular weight is 633 g/mol. The number of amides is 2. The van der Waals surface area contributed by atoms with Gasteiger partial charge in [0.1, 0.15) is 17.0 Å². The number of aromatic nitrogens is 2. The van der Waals surface area contributed by atoms with Crippen molar-refractivity contribution >= 4 is 44.7 Å². The molecule has 3 aromatic heterocycles. The van der Waals surface area contributed by atoms with Gasteiger partial charge in [0.05, 0.1) is 31.5 Å². The molecule has 3 N–H and O–H groups in total. The Morgan fingerprint density at radius 1 is 0.956 bits per heavy atom. The summed E-state index contributed by atoms with van der Waals surface area (Å²) in [5.41, 5.74) is 1.51. The summed E-state index contributed by atoms with van der Waals surface area (Å²) < 4.78 is 61.0. The van der Waals surface area contributed by atoms with Gasteiger partial charge in [0, 0.05) is 56.0 Å². The number of carbonyl (C=O) groups excluding carboxylic acids is 2. The van der Waals surface area contributed by atoms with Gasteiger partial charge < -0.3 is 25.4 Å². The summed E-state index contributed by atoms with van der Waals surface area (Å²) in [6.07, 6.45) is 3.95. The number of thiophene rings is 1. The van der Waals surface area contributed by atoms with Crippen LogP contribution >= 0.6 is 11.3 Å². The topological polar surface area (TPSA) is 114 Å². The van der Waals surface area contributed by atoms with Crippen molar-refractivity contribution in [2.45, 2.75) is 19.4 Å². The zero-order chi connectivity index (χ0) is 33.9. The third-order valence-electron chi connectivity index (χ3n) is 7.29. The fourth-order valence-electron chi connectivity index (χ4n) is 4.65. The number of hydrogen-bond donors (Lipinski definition) is 3. The van der Waals surface area contributed by atoms with E-state index in [9.17, 15) is 14.0 Å². The SMILES string of the molecule is [2H]C([2H])([2H])OCCNCc1ccc(-c2cc3nccc(Oc4ccc(NC(=O)C5(C(=O)Nc6ccc(F)cc6)CC5)cc4F)c3s2)nc1. The predicted octanol–water partition coefficient (Wildman–Crippen LogP) is 6.52. The third kappa shape index (κ3) is 6.83. The minimum absolute atomic E-state index is 0.0631. The lowest BCUT2D eigenvalue weighted by atomic mass is 10.0. The van der Waals surface area contributed by atoms with E-state index in [2.05, 4.69) is 25.9 Å². The molecule has 230 valence electrons. The van der Waals surface area contributed by atoms with Crippen LogP contribution in [0.25, 0.3) is 20.8 Å². The molecule has 0 saturated heterocycles. The minimum Gasteiger partial charge on any atom is -0.453 e. The van der Waals surface area contributed by atoms with Crippen LogP contribution in [0.1, 0.15) is 22.5 Å². The van der Waals surface area contributed by atoms with E-state index in [-0.39, 0.29) is 18.0 Å². The first-order valence-corrected chi connectivity index (χ1v) is 14.9. The number of fused-ring (bicyclic) bond motifs is 1. The zero-order valence-electron chi connectivity index (χ0n) is 26.7. The number of nitrogens with one attached hydrogen (secondary N) is 3. The summed E-state index contributed by atoms with van der Waals surface area (Å²) in [4.78, 5) is 35.7. The number of hydrogen-bond acceptors (Lipinski definition) is 8. The first-order valence-electron chi connectivity index (χ1n) is 15.5. The fourth-order valence-corrected chi connectivity index (χ4v) is 5.69. The number of anilines is 2. The molecule has 1 fully saturated rings. The van der Waals surface area contributed by atoms with E-state index in [0.29, 0.717) is 53.3 Å². The number of benzene rings is 2. The fraction of sp³-hybridized carbons (Fsp3) is 0.212. The first-order chi connectivity index (χ1) is 23.0. The van der Waals surface area contributed by atoms with Gasteiger partial charge in [-0.05, 0) is 66.9 Å². The molecule has 12 heteroatoms. The molecule has 45 heavy (non-hydrogen) atoms. The van der Waals surface area contributed by atoms with Gasteiger partial charge in [-0.25, -0.2) is 8.78 Å². The molecule has 2 amide bonds. The minimum atomic E-state index is -2.41. The number of carbonyl (C=O) groups is 2.